The molecule has 5 nitrogen and oxygen atoms in total. The summed E-state index contributed by atoms with van der Waals surface area (Å²) in [6.45, 7) is 2.62. The Morgan fingerprint density at radius 1 is 1.40 bits per heavy atom. The SMILES string of the molecule is Cc1ccc(NC(=O)N2CC(CO)CCC2C)c(OCC(F)(F)F)c1. The number of urea groups is 1. The largest absolute Gasteiger partial charge is 0.482 e. The van der Waals surface area contributed by atoms with E-state index < -0.39 is 18.8 Å². The van der Waals surface area contributed by atoms with Gasteiger partial charge in [-0.1, -0.05) is 6.07 Å². The number of nitrogens with one attached hydrogen (secondary N) is 1. The Labute approximate surface area is 144 Å². The predicted molar refractivity (Wildman–Crippen MR) is 87.7 cm³/mol. The van der Waals surface area contributed by atoms with Crippen LogP contribution >= 0.6 is 0 Å². The first-order valence-corrected chi connectivity index (χ1v) is 8.18. The molecule has 2 rings (SSSR count). The van der Waals surface area contributed by atoms with Crippen LogP contribution < -0.4 is 10.1 Å². The highest BCUT2D eigenvalue weighted by Gasteiger charge is 2.30. The fraction of sp³-hybridized carbons (Fsp3) is 0.588. The minimum atomic E-state index is -4.46. The third-order valence-corrected chi connectivity index (χ3v) is 4.27. The molecule has 1 aromatic rings. The van der Waals surface area contributed by atoms with Crippen molar-refractivity contribution >= 4 is 11.7 Å². The number of aryl methyl sites for hydroxylation is 1. The van der Waals surface area contributed by atoms with Crippen LogP contribution in [0.4, 0.5) is 23.7 Å². The number of aliphatic hydroxyl groups excluding tert-OH is 1. The van der Waals surface area contributed by atoms with Gasteiger partial charge < -0.3 is 20.1 Å². The fourth-order valence-corrected chi connectivity index (χ4v) is 2.81. The van der Waals surface area contributed by atoms with Gasteiger partial charge in [0.2, 0.25) is 0 Å². The second kappa shape index (κ2) is 7.95. The van der Waals surface area contributed by atoms with Gasteiger partial charge in [0.05, 0.1) is 5.69 Å². The fourth-order valence-electron chi connectivity index (χ4n) is 2.81. The second-order valence-electron chi connectivity index (χ2n) is 6.46. The molecule has 0 radical (unpaired) electrons. The molecule has 1 aliphatic rings. The molecule has 0 aliphatic carbocycles. The van der Waals surface area contributed by atoms with Gasteiger partial charge in [0.25, 0.3) is 0 Å². The zero-order valence-electron chi connectivity index (χ0n) is 14.3. The van der Waals surface area contributed by atoms with Gasteiger partial charge in [0.15, 0.2) is 6.61 Å². The Morgan fingerprint density at radius 3 is 2.76 bits per heavy atom. The summed E-state index contributed by atoms with van der Waals surface area (Å²) in [6.07, 6.45) is -2.85. The molecule has 1 aliphatic heterocycles. The summed E-state index contributed by atoms with van der Waals surface area (Å²) in [4.78, 5) is 14.1. The number of alkyl halides is 3. The van der Waals surface area contributed by atoms with Crippen molar-refractivity contribution in [2.45, 2.75) is 38.9 Å². The molecule has 0 saturated carbocycles. The first-order valence-electron chi connectivity index (χ1n) is 8.18. The second-order valence-corrected chi connectivity index (χ2v) is 6.46. The van der Waals surface area contributed by atoms with E-state index in [1.807, 2.05) is 6.92 Å². The third kappa shape index (κ3) is 5.52. The number of rotatable bonds is 4. The number of amides is 2. The Bertz CT molecular complexity index is 607. The maximum atomic E-state index is 12.5. The normalized spacial score (nSPS) is 21.1. The van der Waals surface area contributed by atoms with Crippen molar-refractivity contribution in [2.24, 2.45) is 5.92 Å². The average Bonchev–Trinajstić information content (AvgIpc) is 2.54. The summed E-state index contributed by atoms with van der Waals surface area (Å²) >= 11 is 0. The Hall–Kier alpha value is -1.96. The number of anilines is 1. The van der Waals surface area contributed by atoms with Crippen LogP contribution in [0.1, 0.15) is 25.3 Å². The average molecular weight is 360 g/mol. The lowest BCUT2D eigenvalue weighted by Crippen LogP contribution is -2.48. The van der Waals surface area contributed by atoms with Gasteiger partial charge in [0.1, 0.15) is 5.75 Å². The Morgan fingerprint density at radius 2 is 2.12 bits per heavy atom. The molecule has 1 aromatic carbocycles. The van der Waals surface area contributed by atoms with E-state index in [-0.39, 0.29) is 30.0 Å². The van der Waals surface area contributed by atoms with Crippen LogP contribution in [0, 0.1) is 12.8 Å². The van der Waals surface area contributed by atoms with Crippen LogP contribution in [-0.4, -0.2) is 48.0 Å². The van der Waals surface area contributed by atoms with Crippen molar-refractivity contribution in [3.63, 3.8) is 0 Å². The summed E-state index contributed by atoms with van der Waals surface area (Å²) in [5, 5.41) is 11.9. The van der Waals surface area contributed by atoms with Crippen molar-refractivity contribution in [1.29, 1.82) is 0 Å². The summed E-state index contributed by atoms with van der Waals surface area (Å²) in [5.41, 5.74) is 0.917. The smallest absolute Gasteiger partial charge is 0.422 e. The number of halogens is 3. The van der Waals surface area contributed by atoms with Crippen molar-refractivity contribution in [1.82, 2.24) is 4.90 Å². The van der Waals surface area contributed by atoms with E-state index in [9.17, 15) is 23.1 Å². The number of carbonyl (C=O) groups excluding carboxylic acids is 1. The molecule has 0 spiro atoms. The molecule has 1 heterocycles. The van der Waals surface area contributed by atoms with Crippen LogP contribution in [-0.2, 0) is 0 Å². The number of aliphatic hydroxyl groups is 1. The third-order valence-electron chi connectivity index (χ3n) is 4.27. The van der Waals surface area contributed by atoms with Gasteiger partial charge >= 0.3 is 12.2 Å². The molecule has 2 N–H and O–H groups in total. The number of likely N-dealkylation sites (tertiary alicyclic amines) is 1. The highest BCUT2D eigenvalue weighted by atomic mass is 19.4. The molecule has 1 saturated heterocycles. The van der Waals surface area contributed by atoms with E-state index in [0.717, 1.165) is 18.4 Å². The molecule has 0 bridgehead atoms. The van der Waals surface area contributed by atoms with Gasteiger partial charge in [0, 0.05) is 19.2 Å². The van der Waals surface area contributed by atoms with Crippen LogP contribution in [0.5, 0.6) is 5.75 Å². The maximum Gasteiger partial charge on any atom is 0.422 e. The molecule has 2 unspecified atom stereocenters. The lowest BCUT2D eigenvalue weighted by atomic mass is 9.94. The quantitative estimate of drug-likeness (QED) is 0.863. The number of benzene rings is 1. The minimum absolute atomic E-state index is 0.000968. The van der Waals surface area contributed by atoms with Crippen molar-refractivity contribution in [3.8, 4) is 5.75 Å². The highest BCUT2D eigenvalue weighted by Crippen LogP contribution is 2.29. The number of ether oxygens (including phenoxy) is 1. The summed E-state index contributed by atoms with van der Waals surface area (Å²) in [7, 11) is 0. The van der Waals surface area contributed by atoms with Crippen molar-refractivity contribution < 1.29 is 27.8 Å². The lowest BCUT2D eigenvalue weighted by molar-refractivity contribution is -0.153. The molecule has 1 fully saturated rings. The van der Waals surface area contributed by atoms with Crippen LogP contribution in [0.3, 0.4) is 0 Å². The summed E-state index contributed by atoms with van der Waals surface area (Å²) < 4.78 is 42.1. The standard InChI is InChI=1S/C17H23F3N2O3/c1-11-3-6-14(15(7-11)25-10-17(18,19)20)21-16(24)22-8-13(9-23)5-4-12(22)2/h3,6-7,12-13,23H,4-5,8-10H2,1-2H3,(H,21,24). The zero-order chi connectivity index (χ0) is 18.6. The van der Waals surface area contributed by atoms with Crippen molar-refractivity contribution in [2.75, 3.05) is 25.1 Å². The zero-order valence-corrected chi connectivity index (χ0v) is 14.3. The number of hydrogen-bond acceptors (Lipinski definition) is 3. The monoisotopic (exact) mass is 360 g/mol. The summed E-state index contributed by atoms with van der Waals surface area (Å²) in [6, 6.07) is 4.25. The molecule has 25 heavy (non-hydrogen) atoms. The van der Waals surface area contributed by atoms with E-state index >= 15 is 0 Å². The van der Waals surface area contributed by atoms with Crippen LogP contribution in [0.15, 0.2) is 18.2 Å². The van der Waals surface area contributed by atoms with Crippen molar-refractivity contribution in [3.05, 3.63) is 23.8 Å². The van der Waals surface area contributed by atoms with Gasteiger partial charge in [-0.15, -0.1) is 0 Å². The van der Waals surface area contributed by atoms with Gasteiger partial charge in [-0.3, -0.25) is 0 Å². The molecular weight excluding hydrogens is 337 g/mol. The number of piperidine rings is 1. The van der Waals surface area contributed by atoms with Gasteiger partial charge in [-0.25, -0.2) is 4.79 Å². The minimum Gasteiger partial charge on any atom is -0.482 e. The lowest BCUT2D eigenvalue weighted by Gasteiger charge is -2.37. The predicted octanol–water partition coefficient (Wildman–Crippen LogP) is 3.56. The topological polar surface area (TPSA) is 61.8 Å². The molecule has 2 atom stereocenters. The Balaban J connectivity index is 2.11. The highest BCUT2D eigenvalue weighted by molar-refractivity contribution is 5.91. The molecule has 140 valence electrons. The van der Waals surface area contributed by atoms with E-state index in [0.29, 0.717) is 6.54 Å². The van der Waals surface area contributed by atoms with E-state index in [1.54, 1.807) is 17.9 Å². The Kier molecular flexibility index (Phi) is 6.16. The summed E-state index contributed by atoms with van der Waals surface area (Å²) in [5.74, 6) is -0.00466. The molecular formula is C17H23F3N2O3. The van der Waals surface area contributed by atoms with Crippen LogP contribution in [0.2, 0.25) is 0 Å². The molecule has 2 amide bonds. The van der Waals surface area contributed by atoms with E-state index in [1.165, 1.54) is 12.1 Å². The molecule has 0 aromatic heterocycles. The van der Waals surface area contributed by atoms with E-state index in [2.05, 4.69) is 5.32 Å². The number of nitrogens with zero attached hydrogens (tertiary/aromatic N) is 1. The maximum absolute atomic E-state index is 12.5. The van der Waals surface area contributed by atoms with E-state index in [4.69, 9.17) is 4.74 Å². The first kappa shape index (κ1) is 19.4. The van der Waals surface area contributed by atoms with Gasteiger partial charge in [-0.05, 0) is 50.3 Å². The number of hydrogen-bond donors (Lipinski definition) is 2. The van der Waals surface area contributed by atoms with Gasteiger partial charge in [-0.2, -0.15) is 13.2 Å². The number of carbonyl (C=O) groups is 1. The molecule has 8 heteroatoms. The van der Waals surface area contributed by atoms with Crippen LogP contribution in [0.25, 0.3) is 0 Å². The first-order chi connectivity index (χ1) is 11.7.